The van der Waals surface area contributed by atoms with E-state index in [1.807, 2.05) is 43.3 Å². The molecule has 0 saturated carbocycles. The molecule has 0 saturated heterocycles. The highest BCUT2D eigenvalue weighted by Crippen LogP contribution is 2.20. The van der Waals surface area contributed by atoms with Crippen LogP contribution in [0.1, 0.15) is 48.7 Å². The third-order valence-electron chi connectivity index (χ3n) is 4.35. The fourth-order valence-corrected chi connectivity index (χ4v) is 2.87. The molecule has 3 aromatic rings. The van der Waals surface area contributed by atoms with Gasteiger partial charge in [-0.1, -0.05) is 56.5 Å². The van der Waals surface area contributed by atoms with E-state index in [0.717, 1.165) is 35.4 Å². The zero-order valence-electron chi connectivity index (χ0n) is 14.8. The predicted molar refractivity (Wildman–Crippen MR) is 99.6 cm³/mol. The molecule has 2 aromatic heterocycles. The largest absolute Gasteiger partial charge is 0.352 e. The SMILES string of the molecule is CCCCCCNC(=O)c1cnc2cc(-c3ccccc3)nn2c1C. The average molecular weight is 336 g/mol. The number of nitrogens with zero attached hydrogens (tertiary/aromatic N) is 3. The van der Waals surface area contributed by atoms with E-state index in [1.54, 1.807) is 10.7 Å². The Morgan fingerprint density at radius 1 is 1.16 bits per heavy atom. The first-order chi connectivity index (χ1) is 12.2. The zero-order valence-corrected chi connectivity index (χ0v) is 14.8. The highest BCUT2D eigenvalue weighted by molar-refractivity contribution is 5.95. The Hall–Kier alpha value is -2.69. The number of aryl methyl sites for hydroxylation is 1. The van der Waals surface area contributed by atoms with Gasteiger partial charge in [-0.3, -0.25) is 4.79 Å². The van der Waals surface area contributed by atoms with Crippen LogP contribution in [0.5, 0.6) is 0 Å². The van der Waals surface area contributed by atoms with E-state index in [9.17, 15) is 4.79 Å². The first-order valence-corrected chi connectivity index (χ1v) is 8.89. The molecule has 1 aromatic carbocycles. The molecule has 130 valence electrons. The monoisotopic (exact) mass is 336 g/mol. The molecule has 0 aliphatic rings. The lowest BCUT2D eigenvalue weighted by Crippen LogP contribution is -2.26. The van der Waals surface area contributed by atoms with Gasteiger partial charge in [-0.2, -0.15) is 5.10 Å². The highest BCUT2D eigenvalue weighted by atomic mass is 16.1. The van der Waals surface area contributed by atoms with Crippen molar-refractivity contribution >= 4 is 11.6 Å². The second-order valence-electron chi connectivity index (χ2n) is 6.24. The van der Waals surface area contributed by atoms with Crippen LogP contribution in [0.4, 0.5) is 0 Å². The van der Waals surface area contributed by atoms with Gasteiger partial charge < -0.3 is 5.32 Å². The van der Waals surface area contributed by atoms with Crippen molar-refractivity contribution in [1.29, 1.82) is 0 Å². The molecule has 5 nitrogen and oxygen atoms in total. The average Bonchev–Trinajstić information content (AvgIpc) is 3.08. The fourth-order valence-electron chi connectivity index (χ4n) is 2.87. The summed E-state index contributed by atoms with van der Waals surface area (Å²) in [5.74, 6) is -0.0832. The first kappa shape index (κ1) is 17.1. The van der Waals surface area contributed by atoms with Crippen molar-refractivity contribution in [3.8, 4) is 11.3 Å². The van der Waals surface area contributed by atoms with Crippen molar-refractivity contribution in [2.75, 3.05) is 6.54 Å². The summed E-state index contributed by atoms with van der Waals surface area (Å²) in [6.07, 6.45) is 6.19. The zero-order chi connectivity index (χ0) is 17.6. The number of hydrogen-bond acceptors (Lipinski definition) is 3. The number of aromatic nitrogens is 3. The Balaban J connectivity index is 1.79. The first-order valence-electron chi connectivity index (χ1n) is 8.89. The number of fused-ring (bicyclic) bond motifs is 1. The molecule has 0 aliphatic carbocycles. The Morgan fingerprint density at radius 3 is 2.72 bits per heavy atom. The van der Waals surface area contributed by atoms with Gasteiger partial charge in [-0.15, -0.1) is 0 Å². The van der Waals surface area contributed by atoms with Gasteiger partial charge >= 0.3 is 0 Å². The molecule has 1 N–H and O–H groups in total. The summed E-state index contributed by atoms with van der Waals surface area (Å²) < 4.78 is 1.74. The van der Waals surface area contributed by atoms with E-state index in [2.05, 4.69) is 22.3 Å². The Morgan fingerprint density at radius 2 is 1.96 bits per heavy atom. The molecule has 1 amide bonds. The van der Waals surface area contributed by atoms with Crippen molar-refractivity contribution in [2.45, 2.75) is 39.5 Å². The maximum absolute atomic E-state index is 12.4. The molecule has 0 bridgehead atoms. The lowest BCUT2D eigenvalue weighted by Gasteiger charge is -2.08. The topological polar surface area (TPSA) is 59.3 Å². The Labute approximate surface area is 148 Å². The fraction of sp³-hybridized carbons (Fsp3) is 0.350. The minimum Gasteiger partial charge on any atom is -0.352 e. The standard InChI is InChI=1S/C20H24N4O/c1-3-4-5-9-12-21-20(25)17-14-22-19-13-18(23-24(19)15(17)2)16-10-7-6-8-11-16/h6-8,10-11,13-14H,3-5,9,12H2,1-2H3,(H,21,25). The Kier molecular flexibility index (Phi) is 5.43. The summed E-state index contributed by atoms with van der Waals surface area (Å²) in [5, 5.41) is 7.60. The number of carbonyl (C=O) groups is 1. The van der Waals surface area contributed by atoms with Crippen LogP contribution in [0.2, 0.25) is 0 Å². The van der Waals surface area contributed by atoms with Crippen molar-refractivity contribution in [3.05, 3.63) is 53.9 Å². The smallest absolute Gasteiger partial charge is 0.254 e. The molecule has 0 aliphatic heterocycles. The van der Waals surface area contributed by atoms with Gasteiger partial charge in [0, 0.05) is 24.4 Å². The molecule has 0 fully saturated rings. The highest BCUT2D eigenvalue weighted by Gasteiger charge is 2.14. The predicted octanol–water partition coefficient (Wildman–Crippen LogP) is 4.01. The van der Waals surface area contributed by atoms with Gasteiger partial charge in [-0.25, -0.2) is 9.50 Å². The molecule has 0 radical (unpaired) electrons. The van der Waals surface area contributed by atoms with Crippen LogP contribution in [0.3, 0.4) is 0 Å². The number of unbranched alkanes of at least 4 members (excludes halogenated alkanes) is 3. The van der Waals surface area contributed by atoms with Crippen molar-refractivity contribution < 1.29 is 4.79 Å². The number of hydrogen-bond donors (Lipinski definition) is 1. The minimum atomic E-state index is -0.0832. The third-order valence-corrected chi connectivity index (χ3v) is 4.35. The van der Waals surface area contributed by atoms with Crippen LogP contribution in [0.25, 0.3) is 16.9 Å². The van der Waals surface area contributed by atoms with Gasteiger partial charge in [0.2, 0.25) is 0 Å². The maximum Gasteiger partial charge on any atom is 0.254 e. The van der Waals surface area contributed by atoms with Crippen molar-refractivity contribution in [3.63, 3.8) is 0 Å². The van der Waals surface area contributed by atoms with Crippen molar-refractivity contribution in [1.82, 2.24) is 19.9 Å². The summed E-state index contributed by atoms with van der Waals surface area (Å²) >= 11 is 0. The molecule has 0 atom stereocenters. The second kappa shape index (κ2) is 7.92. The van der Waals surface area contributed by atoms with Crippen LogP contribution >= 0.6 is 0 Å². The van der Waals surface area contributed by atoms with Crippen LogP contribution in [-0.2, 0) is 0 Å². The lowest BCUT2D eigenvalue weighted by atomic mass is 10.2. The van der Waals surface area contributed by atoms with E-state index in [0.29, 0.717) is 12.1 Å². The van der Waals surface area contributed by atoms with Gasteiger partial charge in [0.1, 0.15) is 0 Å². The van der Waals surface area contributed by atoms with E-state index in [-0.39, 0.29) is 5.91 Å². The van der Waals surface area contributed by atoms with E-state index in [4.69, 9.17) is 0 Å². The third kappa shape index (κ3) is 3.87. The van der Waals surface area contributed by atoms with Crippen LogP contribution in [-0.4, -0.2) is 27.0 Å². The van der Waals surface area contributed by atoms with Gasteiger partial charge in [0.25, 0.3) is 5.91 Å². The number of carbonyl (C=O) groups excluding carboxylic acids is 1. The number of rotatable bonds is 7. The summed E-state index contributed by atoms with van der Waals surface area (Å²) in [5.41, 5.74) is 4.02. The Bertz CT molecular complexity index is 855. The van der Waals surface area contributed by atoms with Gasteiger partial charge in [0.15, 0.2) is 5.65 Å². The van der Waals surface area contributed by atoms with E-state index < -0.39 is 0 Å². The van der Waals surface area contributed by atoms with Gasteiger partial charge in [0.05, 0.1) is 17.0 Å². The van der Waals surface area contributed by atoms with Crippen molar-refractivity contribution in [2.24, 2.45) is 0 Å². The molecule has 25 heavy (non-hydrogen) atoms. The second-order valence-corrected chi connectivity index (χ2v) is 6.24. The van der Waals surface area contributed by atoms with Gasteiger partial charge in [-0.05, 0) is 13.3 Å². The minimum absolute atomic E-state index is 0.0832. The molecular weight excluding hydrogens is 312 g/mol. The molecule has 0 unspecified atom stereocenters. The molecule has 0 spiro atoms. The molecule has 2 heterocycles. The quantitative estimate of drug-likeness (QED) is 0.663. The summed E-state index contributed by atoms with van der Waals surface area (Å²) in [4.78, 5) is 16.8. The van der Waals surface area contributed by atoms with Crippen LogP contribution in [0.15, 0.2) is 42.6 Å². The number of benzene rings is 1. The molecule has 5 heteroatoms. The maximum atomic E-state index is 12.4. The summed E-state index contributed by atoms with van der Waals surface area (Å²) in [6.45, 7) is 4.78. The molecular formula is C20H24N4O. The lowest BCUT2D eigenvalue weighted by molar-refractivity contribution is 0.0951. The summed E-state index contributed by atoms with van der Waals surface area (Å²) in [7, 11) is 0. The molecule has 3 rings (SSSR count). The normalized spacial score (nSPS) is 11.0. The summed E-state index contributed by atoms with van der Waals surface area (Å²) in [6, 6.07) is 11.9. The van der Waals surface area contributed by atoms with E-state index in [1.165, 1.54) is 12.8 Å². The van der Waals surface area contributed by atoms with E-state index >= 15 is 0 Å². The number of amides is 1. The van der Waals surface area contributed by atoms with Crippen LogP contribution < -0.4 is 5.32 Å². The number of nitrogens with one attached hydrogen (secondary N) is 1. The van der Waals surface area contributed by atoms with Crippen LogP contribution in [0, 0.1) is 6.92 Å².